The molecule has 3 rings (SSSR count). The number of amides is 1. The number of rotatable bonds is 7. The number of carbonyl (C=O) groups excluding carboxylic acids is 1. The van der Waals surface area contributed by atoms with Crippen LogP contribution in [0.1, 0.15) is 43.4 Å². The predicted molar refractivity (Wildman–Crippen MR) is 104 cm³/mol. The molecule has 1 aliphatic carbocycles. The van der Waals surface area contributed by atoms with Gasteiger partial charge in [-0.1, -0.05) is 48.9 Å². The Bertz CT molecular complexity index is 700. The molecule has 0 heterocycles. The van der Waals surface area contributed by atoms with Crippen LogP contribution in [0.2, 0.25) is 0 Å². The number of hydrogen-bond donors (Lipinski definition) is 2. The smallest absolute Gasteiger partial charge is 0.224 e. The summed E-state index contributed by atoms with van der Waals surface area (Å²) in [6.45, 7) is 3.19. The SMILES string of the molecule is CCOc1ccc(C(NC(=O)[C@@H]2CCC[C@@H]2CN)c2ccccc2)cc1. The molecule has 2 aromatic carbocycles. The van der Waals surface area contributed by atoms with E-state index in [1.54, 1.807) is 0 Å². The van der Waals surface area contributed by atoms with Crippen molar-refractivity contribution < 1.29 is 9.53 Å². The number of hydrogen-bond acceptors (Lipinski definition) is 3. The van der Waals surface area contributed by atoms with Gasteiger partial charge >= 0.3 is 0 Å². The van der Waals surface area contributed by atoms with Gasteiger partial charge in [-0.25, -0.2) is 0 Å². The van der Waals surface area contributed by atoms with E-state index < -0.39 is 0 Å². The summed E-state index contributed by atoms with van der Waals surface area (Å²) in [5, 5.41) is 3.27. The van der Waals surface area contributed by atoms with Gasteiger partial charge < -0.3 is 15.8 Å². The third-order valence-electron chi connectivity index (χ3n) is 5.24. The normalized spacial score (nSPS) is 20.5. The second kappa shape index (κ2) is 8.86. The molecular formula is C22H28N2O2. The zero-order valence-electron chi connectivity index (χ0n) is 15.4. The fourth-order valence-corrected chi connectivity index (χ4v) is 3.84. The van der Waals surface area contributed by atoms with Gasteiger partial charge in [0, 0.05) is 5.92 Å². The summed E-state index contributed by atoms with van der Waals surface area (Å²) in [6.07, 6.45) is 3.06. The lowest BCUT2D eigenvalue weighted by Crippen LogP contribution is -2.37. The number of nitrogens with one attached hydrogen (secondary N) is 1. The maximum absolute atomic E-state index is 12.9. The third-order valence-corrected chi connectivity index (χ3v) is 5.24. The molecule has 1 aliphatic rings. The minimum Gasteiger partial charge on any atom is -0.494 e. The quantitative estimate of drug-likeness (QED) is 0.799. The zero-order valence-corrected chi connectivity index (χ0v) is 15.4. The average Bonchev–Trinajstić information content (AvgIpc) is 3.17. The molecule has 0 spiro atoms. The van der Waals surface area contributed by atoms with Gasteiger partial charge in [0.25, 0.3) is 0 Å². The fraction of sp³-hybridized carbons (Fsp3) is 0.409. The van der Waals surface area contributed by atoms with Crippen LogP contribution in [0.5, 0.6) is 5.75 Å². The number of ether oxygens (including phenoxy) is 1. The molecule has 1 unspecified atom stereocenters. The van der Waals surface area contributed by atoms with Gasteiger partial charge in [0.2, 0.25) is 5.91 Å². The van der Waals surface area contributed by atoms with E-state index in [4.69, 9.17) is 10.5 Å². The molecule has 138 valence electrons. The summed E-state index contributed by atoms with van der Waals surface area (Å²) in [5.41, 5.74) is 7.99. The third kappa shape index (κ3) is 4.25. The molecule has 1 saturated carbocycles. The topological polar surface area (TPSA) is 64.3 Å². The van der Waals surface area contributed by atoms with Crippen molar-refractivity contribution in [2.24, 2.45) is 17.6 Å². The molecule has 0 aliphatic heterocycles. The highest BCUT2D eigenvalue weighted by atomic mass is 16.5. The number of benzene rings is 2. The van der Waals surface area contributed by atoms with Gasteiger partial charge in [0.15, 0.2) is 0 Å². The highest BCUT2D eigenvalue weighted by Gasteiger charge is 2.33. The van der Waals surface area contributed by atoms with Crippen molar-refractivity contribution in [2.75, 3.05) is 13.2 Å². The van der Waals surface area contributed by atoms with Crippen LogP contribution in [-0.2, 0) is 4.79 Å². The first-order valence-electron chi connectivity index (χ1n) is 9.51. The fourth-order valence-electron chi connectivity index (χ4n) is 3.84. The lowest BCUT2D eigenvalue weighted by atomic mass is 9.93. The molecular weight excluding hydrogens is 324 g/mol. The van der Waals surface area contributed by atoms with Crippen LogP contribution < -0.4 is 15.8 Å². The van der Waals surface area contributed by atoms with Crippen molar-refractivity contribution in [1.29, 1.82) is 0 Å². The maximum Gasteiger partial charge on any atom is 0.224 e. The average molecular weight is 352 g/mol. The van der Waals surface area contributed by atoms with Crippen LogP contribution in [0, 0.1) is 11.8 Å². The maximum atomic E-state index is 12.9. The second-order valence-electron chi connectivity index (χ2n) is 6.89. The van der Waals surface area contributed by atoms with E-state index in [9.17, 15) is 4.79 Å². The standard InChI is InChI=1S/C22H28N2O2/c1-2-26-19-13-11-17(12-14-19)21(16-7-4-3-5-8-16)24-22(25)20-10-6-9-18(20)15-23/h3-5,7-8,11-14,18,20-21H,2,6,9-10,15,23H2,1H3,(H,24,25)/t18-,20-,21?/m1/s1. The summed E-state index contributed by atoms with van der Waals surface area (Å²) < 4.78 is 5.54. The van der Waals surface area contributed by atoms with Crippen LogP contribution in [0.4, 0.5) is 0 Å². The zero-order chi connectivity index (χ0) is 18.4. The van der Waals surface area contributed by atoms with Crippen molar-refractivity contribution in [2.45, 2.75) is 32.2 Å². The Morgan fingerprint density at radius 3 is 2.46 bits per heavy atom. The van der Waals surface area contributed by atoms with E-state index >= 15 is 0 Å². The first-order chi connectivity index (χ1) is 12.7. The van der Waals surface area contributed by atoms with Gasteiger partial charge in [0.05, 0.1) is 12.6 Å². The molecule has 3 atom stereocenters. The van der Waals surface area contributed by atoms with E-state index in [1.165, 1.54) is 0 Å². The molecule has 3 N–H and O–H groups in total. The first-order valence-corrected chi connectivity index (χ1v) is 9.51. The van der Waals surface area contributed by atoms with Crippen molar-refractivity contribution in [1.82, 2.24) is 5.32 Å². The molecule has 0 saturated heterocycles. The Morgan fingerprint density at radius 2 is 1.81 bits per heavy atom. The first kappa shape index (κ1) is 18.5. The summed E-state index contributed by atoms with van der Waals surface area (Å²) in [4.78, 5) is 12.9. The Hall–Kier alpha value is -2.33. The van der Waals surface area contributed by atoms with E-state index in [0.717, 1.165) is 36.1 Å². The highest BCUT2D eigenvalue weighted by Crippen LogP contribution is 2.32. The van der Waals surface area contributed by atoms with E-state index in [-0.39, 0.29) is 17.9 Å². The van der Waals surface area contributed by atoms with E-state index in [0.29, 0.717) is 19.1 Å². The minimum absolute atomic E-state index is 0.0221. The predicted octanol–water partition coefficient (Wildman–Crippen LogP) is 3.67. The summed E-state index contributed by atoms with van der Waals surface area (Å²) in [5.74, 6) is 1.27. The van der Waals surface area contributed by atoms with E-state index in [1.807, 2.05) is 49.4 Å². The van der Waals surface area contributed by atoms with Crippen LogP contribution in [0.15, 0.2) is 54.6 Å². The van der Waals surface area contributed by atoms with Crippen LogP contribution in [0.25, 0.3) is 0 Å². The molecule has 26 heavy (non-hydrogen) atoms. The largest absolute Gasteiger partial charge is 0.494 e. The van der Waals surface area contributed by atoms with Crippen molar-refractivity contribution in [3.63, 3.8) is 0 Å². The Labute approximate surface area is 155 Å². The van der Waals surface area contributed by atoms with Crippen LogP contribution >= 0.6 is 0 Å². The molecule has 1 amide bonds. The van der Waals surface area contributed by atoms with Crippen molar-refractivity contribution in [3.05, 3.63) is 65.7 Å². The summed E-state index contributed by atoms with van der Waals surface area (Å²) in [7, 11) is 0. The molecule has 0 radical (unpaired) electrons. The number of nitrogens with two attached hydrogens (primary N) is 1. The summed E-state index contributed by atoms with van der Waals surface area (Å²) >= 11 is 0. The summed E-state index contributed by atoms with van der Waals surface area (Å²) in [6, 6.07) is 17.9. The second-order valence-corrected chi connectivity index (χ2v) is 6.89. The highest BCUT2D eigenvalue weighted by molar-refractivity contribution is 5.80. The molecule has 0 bridgehead atoms. The number of carbonyl (C=O) groups is 1. The Balaban J connectivity index is 1.83. The Morgan fingerprint density at radius 1 is 1.12 bits per heavy atom. The lowest BCUT2D eigenvalue weighted by molar-refractivity contribution is -0.126. The Kier molecular flexibility index (Phi) is 6.29. The lowest BCUT2D eigenvalue weighted by Gasteiger charge is -2.24. The monoisotopic (exact) mass is 352 g/mol. The molecule has 4 nitrogen and oxygen atoms in total. The molecule has 1 fully saturated rings. The molecule has 4 heteroatoms. The van der Waals surface area contributed by atoms with Gasteiger partial charge in [-0.3, -0.25) is 4.79 Å². The van der Waals surface area contributed by atoms with E-state index in [2.05, 4.69) is 17.4 Å². The van der Waals surface area contributed by atoms with Crippen LogP contribution in [0.3, 0.4) is 0 Å². The van der Waals surface area contributed by atoms with Gasteiger partial charge in [-0.15, -0.1) is 0 Å². The molecule has 0 aromatic heterocycles. The molecule has 2 aromatic rings. The van der Waals surface area contributed by atoms with Gasteiger partial charge in [0.1, 0.15) is 5.75 Å². The van der Waals surface area contributed by atoms with Crippen molar-refractivity contribution >= 4 is 5.91 Å². The van der Waals surface area contributed by atoms with Crippen molar-refractivity contribution in [3.8, 4) is 5.75 Å². The minimum atomic E-state index is -0.168. The van der Waals surface area contributed by atoms with Gasteiger partial charge in [-0.05, 0) is 55.5 Å². The van der Waals surface area contributed by atoms with Crippen LogP contribution in [-0.4, -0.2) is 19.1 Å². The van der Waals surface area contributed by atoms with Gasteiger partial charge in [-0.2, -0.15) is 0 Å².